The Bertz CT molecular complexity index is 1080. The van der Waals surface area contributed by atoms with Crippen LogP contribution in [-0.2, 0) is 15.4 Å². The molecule has 0 bridgehead atoms. The van der Waals surface area contributed by atoms with Crippen molar-refractivity contribution in [3.63, 3.8) is 0 Å². The van der Waals surface area contributed by atoms with Crippen molar-refractivity contribution >= 4 is 10.0 Å². The molecule has 0 atom stereocenters. The van der Waals surface area contributed by atoms with Crippen LogP contribution < -0.4 is 0 Å². The fraction of sp³-hybridized carbons (Fsp3) is 0.200. The van der Waals surface area contributed by atoms with Gasteiger partial charge in [-0.3, -0.25) is 4.31 Å². The minimum atomic E-state index is -3.64. The third-order valence-corrected chi connectivity index (χ3v) is 7.62. The lowest BCUT2D eigenvalue weighted by molar-refractivity contribution is 0.469. The van der Waals surface area contributed by atoms with Gasteiger partial charge in [-0.25, -0.2) is 8.42 Å². The Labute approximate surface area is 173 Å². The van der Waals surface area contributed by atoms with Crippen LogP contribution in [0.15, 0.2) is 102 Å². The van der Waals surface area contributed by atoms with Gasteiger partial charge >= 0.3 is 0 Å². The van der Waals surface area contributed by atoms with Gasteiger partial charge in [0.25, 0.3) is 10.0 Å². The van der Waals surface area contributed by atoms with Crippen LogP contribution in [0.25, 0.3) is 0 Å². The third kappa shape index (κ3) is 3.38. The van der Waals surface area contributed by atoms with Gasteiger partial charge in [0.15, 0.2) is 0 Å². The Morgan fingerprint density at radius 2 is 1.34 bits per heavy atom. The van der Waals surface area contributed by atoms with Crippen molar-refractivity contribution in [2.24, 2.45) is 0 Å². The average Bonchev–Trinajstić information content (AvgIpc) is 3.17. The first-order chi connectivity index (χ1) is 14.0. The molecule has 4 rings (SSSR count). The lowest BCUT2D eigenvalue weighted by Crippen LogP contribution is -2.35. The summed E-state index contributed by atoms with van der Waals surface area (Å²) in [5.41, 5.74) is 3.72. The molecule has 0 aliphatic carbocycles. The van der Waals surface area contributed by atoms with E-state index < -0.39 is 15.4 Å². The average molecular weight is 404 g/mol. The SMILES string of the molecule is C/C=C1/CC(c2ccccc2)(c2ccccc2)CN1S(=O)(=O)c1ccc(C)cc1. The molecule has 0 saturated carbocycles. The smallest absolute Gasteiger partial charge is 0.264 e. The van der Waals surface area contributed by atoms with E-state index in [1.165, 1.54) is 0 Å². The van der Waals surface area contributed by atoms with Gasteiger partial charge in [-0.1, -0.05) is 84.4 Å². The van der Waals surface area contributed by atoms with E-state index in [0.717, 1.165) is 22.4 Å². The molecule has 1 saturated heterocycles. The Balaban J connectivity index is 1.86. The molecule has 0 spiro atoms. The number of aryl methyl sites for hydroxylation is 1. The van der Waals surface area contributed by atoms with Crippen molar-refractivity contribution in [2.45, 2.75) is 30.6 Å². The Hall–Kier alpha value is -2.85. The zero-order valence-corrected chi connectivity index (χ0v) is 17.6. The van der Waals surface area contributed by atoms with Gasteiger partial charge in [0.1, 0.15) is 0 Å². The molecule has 1 aliphatic heterocycles. The Kier molecular flexibility index (Phi) is 5.05. The summed E-state index contributed by atoms with van der Waals surface area (Å²) < 4.78 is 28.7. The molecule has 3 nitrogen and oxygen atoms in total. The molecule has 1 fully saturated rings. The monoisotopic (exact) mass is 403 g/mol. The van der Waals surface area contributed by atoms with E-state index in [2.05, 4.69) is 24.3 Å². The highest BCUT2D eigenvalue weighted by Crippen LogP contribution is 2.47. The van der Waals surface area contributed by atoms with Crippen molar-refractivity contribution in [3.8, 4) is 0 Å². The van der Waals surface area contributed by atoms with Crippen molar-refractivity contribution in [1.82, 2.24) is 4.31 Å². The molecule has 0 radical (unpaired) electrons. The van der Waals surface area contributed by atoms with Crippen LogP contribution in [0.4, 0.5) is 0 Å². The van der Waals surface area contributed by atoms with Gasteiger partial charge in [-0.2, -0.15) is 0 Å². The summed E-state index contributed by atoms with van der Waals surface area (Å²) in [7, 11) is -3.64. The van der Waals surface area contributed by atoms with Crippen molar-refractivity contribution in [3.05, 3.63) is 113 Å². The summed E-state index contributed by atoms with van der Waals surface area (Å²) in [6.07, 6.45) is 2.57. The predicted octanol–water partition coefficient (Wildman–Crippen LogP) is 5.28. The summed E-state index contributed by atoms with van der Waals surface area (Å²) >= 11 is 0. The molecule has 1 aliphatic rings. The first-order valence-electron chi connectivity index (χ1n) is 9.83. The standard InChI is InChI=1S/C25H25NO2S/c1-3-23-18-25(21-10-6-4-7-11-21,22-12-8-5-9-13-22)19-26(23)29(27,28)24-16-14-20(2)15-17-24/h3-17H,18-19H2,1-2H3/b23-3-. The second kappa shape index (κ2) is 7.53. The molecular weight excluding hydrogens is 378 g/mol. The van der Waals surface area contributed by atoms with Gasteiger partial charge in [0.2, 0.25) is 0 Å². The molecule has 4 heteroatoms. The van der Waals surface area contributed by atoms with E-state index in [-0.39, 0.29) is 0 Å². The van der Waals surface area contributed by atoms with Gasteiger partial charge < -0.3 is 0 Å². The topological polar surface area (TPSA) is 37.4 Å². The summed E-state index contributed by atoms with van der Waals surface area (Å²) in [4.78, 5) is 0.333. The number of rotatable bonds is 4. The highest BCUT2D eigenvalue weighted by Gasteiger charge is 2.47. The molecule has 3 aromatic rings. The lowest BCUT2D eigenvalue weighted by atomic mass is 9.73. The fourth-order valence-corrected chi connectivity index (χ4v) is 5.79. The minimum Gasteiger partial charge on any atom is -0.269 e. The number of allylic oxidation sites excluding steroid dienone is 2. The van der Waals surface area contributed by atoms with Gasteiger partial charge in [0.05, 0.1) is 4.90 Å². The molecule has 148 valence electrons. The van der Waals surface area contributed by atoms with Crippen molar-refractivity contribution in [2.75, 3.05) is 6.54 Å². The minimum absolute atomic E-state index is 0.333. The molecule has 0 aromatic heterocycles. The quantitative estimate of drug-likeness (QED) is 0.594. The number of benzene rings is 3. The maximum absolute atomic E-state index is 13.6. The molecular formula is C25H25NO2S. The van der Waals surface area contributed by atoms with Crippen LogP contribution in [0.3, 0.4) is 0 Å². The Morgan fingerprint density at radius 1 is 0.828 bits per heavy atom. The number of hydrogen-bond acceptors (Lipinski definition) is 2. The first-order valence-corrected chi connectivity index (χ1v) is 11.3. The molecule has 0 amide bonds. The highest BCUT2D eigenvalue weighted by molar-refractivity contribution is 7.89. The van der Waals surface area contributed by atoms with Crippen LogP contribution in [0.5, 0.6) is 0 Å². The van der Waals surface area contributed by atoms with E-state index in [1.807, 2.05) is 68.5 Å². The second-order valence-corrected chi connectivity index (χ2v) is 9.46. The molecule has 1 heterocycles. The fourth-order valence-electron chi connectivity index (χ4n) is 4.19. The van der Waals surface area contributed by atoms with Crippen molar-refractivity contribution < 1.29 is 8.42 Å². The van der Waals surface area contributed by atoms with Crippen LogP contribution in [0.2, 0.25) is 0 Å². The maximum atomic E-state index is 13.6. The van der Waals surface area contributed by atoms with E-state index in [4.69, 9.17) is 0 Å². The maximum Gasteiger partial charge on any atom is 0.264 e. The lowest BCUT2D eigenvalue weighted by Gasteiger charge is -2.30. The van der Waals surface area contributed by atoms with Crippen LogP contribution in [0.1, 0.15) is 30.0 Å². The summed E-state index contributed by atoms with van der Waals surface area (Å²) in [5, 5.41) is 0. The van der Waals surface area contributed by atoms with Crippen LogP contribution in [-0.4, -0.2) is 19.3 Å². The summed E-state index contributed by atoms with van der Waals surface area (Å²) in [6.45, 7) is 4.26. The number of sulfonamides is 1. The van der Waals surface area contributed by atoms with Gasteiger partial charge in [-0.15, -0.1) is 0 Å². The summed E-state index contributed by atoms with van der Waals surface area (Å²) in [6, 6.07) is 27.6. The number of hydrogen-bond donors (Lipinski definition) is 0. The molecule has 3 aromatic carbocycles. The molecule has 0 N–H and O–H groups in total. The third-order valence-electron chi connectivity index (χ3n) is 5.81. The normalized spacial score (nSPS) is 17.6. The second-order valence-electron chi connectivity index (χ2n) is 7.60. The van der Waals surface area contributed by atoms with E-state index >= 15 is 0 Å². The van der Waals surface area contributed by atoms with Gasteiger partial charge in [0, 0.05) is 24.1 Å². The number of nitrogens with zero attached hydrogens (tertiary/aromatic N) is 1. The van der Waals surface area contributed by atoms with Crippen LogP contribution >= 0.6 is 0 Å². The van der Waals surface area contributed by atoms with Gasteiger partial charge in [-0.05, 0) is 37.1 Å². The molecule has 0 unspecified atom stereocenters. The van der Waals surface area contributed by atoms with Crippen LogP contribution in [0, 0.1) is 6.92 Å². The highest BCUT2D eigenvalue weighted by atomic mass is 32.2. The predicted molar refractivity (Wildman–Crippen MR) is 117 cm³/mol. The first kappa shape index (κ1) is 19.5. The zero-order valence-electron chi connectivity index (χ0n) is 16.7. The van der Waals surface area contributed by atoms with Crippen molar-refractivity contribution in [1.29, 1.82) is 0 Å². The zero-order chi connectivity index (χ0) is 20.5. The van der Waals surface area contributed by atoms with E-state index in [1.54, 1.807) is 16.4 Å². The van der Waals surface area contributed by atoms with E-state index in [0.29, 0.717) is 17.9 Å². The molecule has 29 heavy (non-hydrogen) atoms. The van der Waals surface area contributed by atoms with E-state index in [9.17, 15) is 8.42 Å². The summed E-state index contributed by atoms with van der Waals surface area (Å²) in [5.74, 6) is 0. The largest absolute Gasteiger partial charge is 0.269 e. The Morgan fingerprint density at radius 3 is 1.83 bits per heavy atom.